The summed E-state index contributed by atoms with van der Waals surface area (Å²) in [6, 6.07) is 4.32. The summed E-state index contributed by atoms with van der Waals surface area (Å²) in [5.74, 6) is -0.270. The van der Waals surface area contributed by atoms with Crippen molar-refractivity contribution in [2.45, 2.75) is 112 Å². The van der Waals surface area contributed by atoms with Gasteiger partial charge in [0.1, 0.15) is 17.7 Å². The predicted molar refractivity (Wildman–Crippen MR) is 144 cm³/mol. The number of nitrogens with one attached hydrogen (secondary N) is 2. The monoisotopic (exact) mass is 501 g/mol. The molecule has 5 unspecified atom stereocenters. The SMILES string of the molecule is CCCCNC(=O)C(c1ccc(C)c(C)c1)N(C(=O)C(NC(=O)OC(C)(C)C)C(C)CC)C1CC1C. The zero-order valence-corrected chi connectivity index (χ0v) is 23.7. The van der Waals surface area contributed by atoms with Gasteiger partial charge >= 0.3 is 6.09 Å². The van der Waals surface area contributed by atoms with Gasteiger partial charge in [-0.25, -0.2) is 4.79 Å². The Balaban J connectivity index is 2.51. The van der Waals surface area contributed by atoms with Crippen LogP contribution in [0, 0.1) is 25.7 Å². The lowest BCUT2D eigenvalue weighted by atomic mass is 9.94. The molecule has 1 fully saturated rings. The van der Waals surface area contributed by atoms with Gasteiger partial charge in [0.2, 0.25) is 11.8 Å². The van der Waals surface area contributed by atoms with E-state index in [1.807, 2.05) is 45.9 Å². The van der Waals surface area contributed by atoms with Crippen molar-refractivity contribution in [3.63, 3.8) is 0 Å². The number of benzene rings is 1. The van der Waals surface area contributed by atoms with Crippen LogP contribution in [0.25, 0.3) is 0 Å². The average molecular weight is 502 g/mol. The minimum Gasteiger partial charge on any atom is -0.444 e. The average Bonchev–Trinajstić information content (AvgIpc) is 3.51. The van der Waals surface area contributed by atoms with Crippen molar-refractivity contribution in [3.05, 3.63) is 34.9 Å². The molecule has 1 aromatic rings. The molecule has 1 aromatic carbocycles. The molecule has 0 radical (unpaired) electrons. The van der Waals surface area contributed by atoms with Crippen molar-refractivity contribution in [2.24, 2.45) is 11.8 Å². The molecule has 1 aliphatic carbocycles. The Kier molecular flexibility index (Phi) is 10.4. The second-order valence-electron chi connectivity index (χ2n) is 11.4. The fraction of sp³-hybridized carbons (Fsp3) is 0.690. The van der Waals surface area contributed by atoms with Crippen LogP contribution in [0.15, 0.2) is 18.2 Å². The Labute approximate surface area is 217 Å². The highest BCUT2D eigenvalue weighted by Crippen LogP contribution is 2.41. The first-order valence-corrected chi connectivity index (χ1v) is 13.5. The third kappa shape index (κ3) is 7.97. The van der Waals surface area contributed by atoms with Crippen LogP contribution in [0.2, 0.25) is 0 Å². The number of carbonyl (C=O) groups excluding carboxylic acids is 3. The van der Waals surface area contributed by atoms with Gasteiger partial charge in [0.05, 0.1) is 0 Å². The van der Waals surface area contributed by atoms with Gasteiger partial charge < -0.3 is 20.3 Å². The predicted octanol–water partition coefficient (Wildman–Crippen LogP) is 5.44. The summed E-state index contributed by atoms with van der Waals surface area (Å²) < 4.78 is 5.48. The van der Waals surface area contributed by atoms with E-state index in [2.05, 4.69) is 24.5 Å². The Morgan fingerprint density at radius 3 is 2.28 bits per heavy atom. The summed E-state index contributed by atoms with van der Waals surface area (Å²) in [7, 11) is 0. The van der Waals surface area contributed by atoms with E-state index in [9.17, 15) is 14.4 Å². The maximum absolute atomic E-state index is 14.2. The lowest BCUT2D eigenvalue weighted by Crippen LogP contribution is -2.56. The quantitative estimate of drug-likeness (QED) is 0.395. The van der Waals surface area contributed by atoms with Crippen LogP contribution in [0.1, 0.15) is 96.9 Å². The molecule has 7 heteroatoms. The van der Waals surface area contributed by atoms with Gasteiger partial charge in [-0.3, -0.25) is 9.59 Å². The first-order valence-electron chi connectivity index (χ1n) is 13.5. The Morgan fingerprint density at radius 2 is 1.78 bits per heavy atom. The van der Waals surface area contributed by atoms with Gasteiger partial charge in [0.15, 0.2) is 0 Å². The molecular weight excluding hydrogens is 454 g/mol. The standard InChI is InChI=1S/C29H47N3O4/c1-10-12-15-30-26(33)25(22-14-13-19(4)20(5)16-22)32(23-17-21(23)6)27(34)24(18(3)11-2)31-28(35)36-29(7,8)9/h13-14,16,18,21,23-25H,10-12,15,17H2,1-9H3,(H,30,33)(H,31,35). The number of alkyl carbamates (subject to hydrolysis) is 1. The summed E-state index contributed by atoms with van der Waals surface area (Å²) in [5.41, 5.74) is 2.31. The molecule has 7 nitrogen and oxygen atoms in total. The molecule has 0 heterocycles. The Hall–Kier alpha value is -2.57. The lowest BCUT2D eigenvalue weighted by molar-refractivity contribution is -0.144. The smallest absolute Gasteiger partial charge is 0.408 e. The largest absolute Gasteiger partial charge is 0.444 e. The van der Waals surface area contributed by atoms with Crippen molar-refractivity contribution in [3.8, 4) is 0 Å². The Morgan fingerprint density at radius 1 is 1.14 bits per heavy atom. The second kappa shape index (κ2) is 12.6. The second-order valence-corrected chi connectivity index (χ2v) is 11.4. The fourth-order valence-corrected chi connectivity index (χ4v) is 4.31. The van der Waals surface area contributed by atoms with E-state index in [4.69, 9.17) is 4.74 Å². The first-order chi connectivity index (χ1) is 16.8. The maximum atomic E-state index is 14.2. The van der Waals surface area contributed by atoms with Gasteiger partial charge in [0, 0.05) is 12.6 Å². The van der Waals surface area contributed by atoms with Crippen LogP contribution in [-0.2, 0) is 14.3 Å². The topological polar surface area (TPSA) is 87.7 Å². The number of unbranched alkanes of at least 4 members (excludes halogenated alkanes) is 1. The van der Waals surface area contributed by atoms with Crippen LogP contribution >= 0.6 is 0 Å². The van der Waals surface area contributed by atoms with E-state index in [-0.39, 0.29) is 29.7 Å². The fourth-order valence-electron chi connectivity index (χ4n) is 4.31. The van der Waals surface area contributed by atoms with Crippen molar-refractivity contribution in [2.75, 3.05) is 6.54 Å². The van der Waals surface area contributed by atoms with E-state index in [0.717, 1.165) is 36.0 Å². The van der Waals surface area contributed by atoms with Crippen LogP contribution in [0.3, 0.4) is 0 Å². The molecule has 0 spiro atoms. The number of carbonyl (C=O) groups is 3. The van der Waals surface area contributed by atoms with E-state index in [1.165, 1.54) is 0 Å². The summed E-state index contributed by atoms with van der Waals surface area (Å²) in [5, 5.41) is 5.89. The first kappa shape index (κ1) is 29.7. The molecule has 0 aromatic heterocycles. The molecule has 0 bridgehead atoms. The molecule has 1 aliphatic rings. The van der Waals surface area contributed by atoms with E-state index >= 15 is 0 Å². The third-order valence-electron chi connectivity index (χ3n) is 7.03. The molecule has 0 aliphatic heterocycles. The minimum absolute atomic E-state index is 0.0620. The number of hydrogen-bond acceptors (Lipinski definition) is 4. The number of rotatable bonds is 11. The van der Waals surface area contributed by atoms with Crippen LogP contribution < -0.4 is 10.6 Å². The summed E-state index contributed by atoms with van der Waals surface area (Å²) in [6.07, 6.45) is 2.73. The van der Waals surface area contributed by atoms with Crippen LogP contribution in [0.4, 0.5) is 4.79 Å². The van der Waals surface area contributed by atoms with Crippen LogP contribution in [-0.4, -0.2) is 47.0 Å². The zero-order valence-electron chi connectivity index (χ0n) is 23.7. The summed E-state index contributed by atoms with van der Waals surface area (Å²) in [4.78, 5) is 42.4. The molecule has 2 rings (SSSR count). The summed E-state index contributed by atoms with van der Waals surface area (Å²) in [6.45, 7) is 18.1. The van der Waals surface area contributed by atoms with Gasteiger partial charge in [-0.1, -0.05) is 58.7 Å². The molecular formula is C29H47N3O4. The van der Waals surface area contributed by atoms with Crippen LogP contribution in [0.5, 0.6) is 0 Å². The van der Waals surface area contributed by atoms with E-state index < -0.39 is 23.8 Å². The molecule has 5 atom stereocenters. The maximum Gasteiger partial charge on any atom is 0.408 e. The highest BCUT2D eigenvalue weighted by Gasteiger charge is 2.48. The van der Waals surface area contributed by atoms with E-state index in [0.29, 0.717) is 13.0 Å². The molecule has 3 amide bonds. The molecule has 202 valence electrons. The van der Waals surface area contributed by atoms with Gasteiger partial charge in [-0.2, -0.15) is 0 Å². The van der Waals surface area contributed by atoms with Crippen molar-refractivity contribution in [1.29, 1.82) is 0 Å². The number of hydrogen-bond donors (Lipinski definition) is 2. The van der Waals surface area contributed by atoms with Crippen molar-refractivity contribution >= 4 is 17.9 Å². The van der Waals surface area contributed by atoms with Crippen molar-refractivity contribution in [1.82, 2.24) is 15.5 Å². The van der Waals surface area contributed by atoms with Gasteiger partial charge in [-0.05, 0) is 76.0 Å². The van der Waals surface area contributed by atoms with Crippen molar-refractivity contribution < 1.29 is 19.1 Å². The normalized spacial score (nSPS) is 19.6. The molecule has 0 saturated heterocycles. The zero-order chi connectivity index (χ0) is 27.2. The number of aryl methyl sites for hydroxylation is 2. The van der Waals surface area contributed by atoms with Gasteiger partial charge in [0.25, 0.3) is 0 Å². The molecule has 2 N–H and O–H groups in total. The molecule has 36 heavy (non-hydrogen) atoms. The Bertz CT molecular complexity index is 924. The van der Waals surface area contributed by atoms with E-state index in [1.54, 1.807) is 25.7 Å². The summed E-state index contributed by atoms with van der Waals surface area (Å²) >= 11 is 0. The van der Waals surface area contributed by atoms with Gasteiger partial charge in [-0.15, -0.1) is 0 Å². The highest BCUT2D eigenvalue weighted by atomic mass is 16.6. The highest BCUT2D eigenvalue weighted by molar-refractivity contribution is 5.92. The number of nitrogens with zero attached hydrogens (tertiary/aromatic N) is 1. The third-order valence-corrected chi connectivity index (χ3v) is 7.03. The minimum atomic E-state index is -0.796. The number of amides is 3. The lowest BCUT2D eigenvalue weighted by Gasteiger charge is -2.36. The number of ether oxygens (including phenoxy) is 1. The molecule has 1 saturated carbocycles.